The van der Waals surface area contributed by atoms with Gasteiger partial charge in [0, 0.05) is 19.0 Å². The number of hydrogen-bond acceptors (Lipinski definition) is 3. The summed E-state index contributed by atoms with van der Waals surface area (Å²) in [6.45, 7) is 3.28. The number of rotatable bonds is 6. The molecule has 1 amide bonds. The van der Waals surface area contributed by atoms with E-state index >= 15 is 0 Å². The van der Waals surface area contributed by atoms with Gasteiger partial charge in [-0.3, -0.25) is 9.59 Å². The summed E-state index contributed by atoms with van der Waals surface area (Å²) in [6, 6.07) is 0. The van der Waals surface area contributed by atoms with Crippen LogP contribution in [0.3, 0.4) is 0 Å². The Hall–Kier alpha value is -1.06. The maximum Gasteiger partial charge on any atom is 0.307 e. The summed E-state index contributed by atoms with van der Waals surface area (Å²) < 4.78 is 4.58. The monoisotopic (exact) mass is 227 g/mol. The van der Waals surface area contributed by atoms with E-state index in [2.05, 4.69) is 4.74 Å². The number of carbonyl (C=O) groups is 2. The first-order chi connectivity index (χ1) is 7.69. The predicted octanol–water partition coefficient (Wildman–Crippen LogP) is 1.59. The van der Waals surface area contributed by atoms with Crippen LogP contribution in [0.5, 0.6) is 0 Å². The number of hydrogen-bond donors (Lipinski definition) is 0. The Kier molecular flexibility index (Phi) is 5.29. The molecule has 0 heterocycles. The second-order valence-corrected chi connectivity index (χ2v) is 4.28. The molecule has 0 aromatic rings. The standard InChI is InChI=1S/C12H21NO3/c1-3-8-13(9-7-11(14)16-2)12(15)10-5-4-6-10/h10H,3-9H2,1-2H3. The fraction of sp³-hybridized carbons (Fsp3) is 0.833. The summed E-state index contributed by atoms with van der Waals surface area (Å²) in [4.78, 5) is 24.8. The van der Waals surface area contributed by atoms with Crippen molar-refractivity contribution in [3.8, 4) is 0 Å². The van der Waals surface area contributed by atoms with Crippen LogP contribution < -0.4 is 0 Å². The van der Waals surface area contributed by atoms with Crippen LogP contribution in [-0.2, 0) is 14.3 Å². The number of nitrogens with zero attached hydrogens (tertiary/aromatic N) is 1. The molecule has 4 nitrogen and oxygen atoms in total. The van der Waals surface area contributed by atoms with Crippen LogP contribution in [0.2, 0.25) is 0 Å². The van der Waals surface area contributed by atoms with Gasteiger partial charge in [-0.2, -0.15) is 0 Å². The topological polar surface area (TPSA) is 46.6 Å². The van der Waals surface area contributed by atoms with Crippen molar-refractivity contribution in [2.45, 2.75) is 39.0 Å². The van der Waals surface area contributed by atoms with Gasteiger partial charge in [-0.1, -0.05) is 13.3 Å². The molecule has 1 saturated carbocycles. The third-order valence-corrected chi connectivity index (χ3v) is 3.07. The molecule has 1 fully saturated rings. The molecule has 0 aromatic heterocycles. The quantitative estimate of drug-likeness (QED) is 0.647. The van der Waals surface area contributed by atoms with Crippen LogP contribution in [0.15, 0.2) is 0 Å². The van der Waals surface area contributed by atoms with E-state index in [0.29, 0.717) is 13.0 Å². The fourth-order valence-corrected chi connectivity index (χ4v) is 1.84. The zero-order chi connectivity index (χ0) is 12.0. The third-order valence-electron chi connectivity index (χ3n) is 3.07. The Labute approximate surface area is 96.9 Å². The third kappa shape index (κ3) is 3.51. The van der Waals surface area contributed by atoms with Crippen molar-refractivity contribution in [3.63, 3.8) is 0 Å². The van der Waals surface area contributed by atoms with Crippen LogP contribution in [0, 0.1) is 5.92 Å². The van der Waals surface area contributed by atoms with Crippen molar-refractivity contribution >= 4 is 11.9 Å². The summed E-state index contributed by atoms with van der Waals surface area (Å²) in [5, 5.41) is 0. The molecule has 16 heavy (non-hydrogen) atoms. The highest BCUT2D eigenvalue weighted by Crippen LogP contribution is 2.28. The number of esters is 1. The molecule has 0 bridgehead atoms. The maximum atomic E-state index is 12.0. The molecular weight excluding hydrogens is 206 g/mol. The lowest BCUT2D eigenvalue weighted by Crippen LogP contribution is -2.40. The van der Waals surface area contributed by atoms with Crippen molar-refractivity contribution in [2.24, 2.45) is 5.92 Å². The van der Waals surface area contributed by atoms with Crippen molar-refractivity contribution in [1.29, 1.82) is 0 Å². The van der Waals surface area contributed by atoms with Gasteiger partial charge in [-0.15, -0.1) is 0 Å². The molecule has 1 aliphatic carbocycles. The molecule has 1 rings (SSSR count). The zero-order valence-electron chi connectivity index (χ0n) is 10.2. The molecule has 92 valence electrons. The van der Waals surface area contributed by atoms with Crippen molar-refractivity contribution in [1.82, 2.24) is 4.90 Å². The Morgan fingerprint density at radius 3 is 2.44 bits per heavy atom. The van der Waals surface area contributed by atoms with Crippen LogP contribution >= 0.6 is 0 Å². The van der Waals surface area contributed by atoms with E-state index in [1.807, 2.05) is 6.92 Å². The van der Waals surface area contributed by atoms with Gasteiger partial charge in [0.2, 0.25) is 5.91 Å². The van der Waals surface area contributed by atoms with Gasteiger partial charge in [-0.05, 0) is 19.3 Å². The number of ether oxygens (including phenoxy) is 1. The normalized spacial score (nSPS) is 15.4. The summed E-state index contributed by atoms with van der Waals surface area (Å²) >= 11 is 0. The molecule has 4 heteroatoms. The summed E-state index contributed by atoms with van der Waals surface area (Å²) in [5.41, 5.74) is 0. The Morgan fingerprint density at radius 2 is 2.00 bits per heavy atom. The maximum absolute atomic E-state index is 12.0. The van der Waals surface area contributed by atoms with Gasteiger partial charge >= 0.3 is 5.97 Å². The number of methoxy groups -OCH3 is 1. The van der Waals surface area contributed by atoms with Crippen LogP contribution in [0.25, 0.3) is 0 Å². The molecule has 0 aromatic carbocycles. The molecule has 0 saturated heterocycles. The van der Waals surface area contributed by atoms with E-state index < -0.39 is 0 Å². The van der Waals surface area contributed by atoms with Crippen LogP contribution in [0.1, 0.15) is 39.0 Å². The first-order valence-corrected chi connectivity index (χ1v) is 6.04. The minimum Gasteiger partial charge on any atom is -0.469 e. The van der Waals surface area contributed by atoms with E-state index in [4.69, 9.17) is 0 Å². The lowest BCUT2D eigenvalue weighted by molar-refractivity contribution is -0.143. The molecule has 0 radical (unpaired) electrons. The highest BCUT2D eigenvalue weighted by molar-refractivity contribution is 5.80. The first-order valence-electron chi connectivity index (χ1n) is 6.04. The number of carbonyl (C=O) groups excluding carboxylic acids is 2. The van der Waals surface area contributed by atoms with E-state index in [1.54, 1.807) is 4.90 Å². The van der Waals surface area contributed by atoms with E-state index in [0.717, 1.165) is 32.2 Å². The molecule has 1 aliphatic rings. The summed E-state index contributed by atoms with van der Waals surface area (Å²) in [6.07, 6.45) is 4.41. The Morgan fingerprint density at radius 1 is 1.31 bits per heavy atom. The average molecular weight is 227 g/mol. The largest absolute Gasteiger partial charge is 0.469 e. The minimum atomic E-state index is -0.248. The minimum absolute atomic E-state index is 0.212. The lowest BCUT2D eigenvalue weighted by Gasteiger charge is -2.31. The van der Waals surface area contributed by atoms with Crippen molar-refractivity contribution in [3.05, 3.63) is 0 Å². The van der Waals surface area contributed by atoms with Gasteiger partial charge in [0.1, 0.15) is 0 Å². The SMILES string of the molecule is CCCN(CCC(=O)OC)C(=O)C1CCC1. The molecule has 0 aliphatic heterocycles. The Bertz CT molecular complexity index is 249. The highest BCUT2D eigenvalue weighted by atomic mass is 16.5. The van der Waals surface area contributed by atoms with Crippen LogP contribution in [0.4, 0.5) is 0 Å². The van der Waals surface area contributed by atoms with Gasteiger partial charge in [-0.25, -0.2) is 0 Å². The van der Waals surface area contributed by atoms with Gasteiger partial charge in [0.15, 0.2) is 0 Å². The highest BCUT2D eigenvalue weighted by Gasteiger charge is 2.29. The molecule has 0 spiro atoms. The average Bonchev–Trinajstić information content (AvgIpc) is 2.21. The van der Waals surface area contributed by atoms with E-state index in [9.17, 15) is 9.59 Å². The van der Waals surface area contributed by atoms with E-state index in [1.165, 1.54) is 7.11 Å². The smallest absolute Gasteiger partial charge is 0.307 e. The van der Waals surface area contributed by atoms with Crippen molar-refractivity contribution < 1.29 is 14.3 Å². The van der Waals surface area contributed by atoms with Crippen molar-refractivity contribution in [2.75, 3.05) is 20.2 Å². The zero-order valence-corrected chi connectivity index (χ0v) is 10.2. The molecule has 0 unspecified atom stereocenters. The summed E-state index contributed by atoms with van der Waals surface area (Å²) in [7, 11) is 1.38. The fourth-order valence-electron chi connectivity index (χ4n) is 1.84. The second kappa shape index (κ2) is 6.51. The molecule has 0 N–H and O–H groups in total. The van der Waals surface area contributed by atoms with E-state index in [-0.39, 0.29) is 17.8 Å². The summed E-state index contributed by atoms with van der Waals surface area (Å²) in [5.74, 6) is 0.184. The van der Waals surface area contributed by atoms with Crippen LogP contribution in [-0.4, -0.2) is 37.0 Å². The number of amides is 1. The molecular formula is C12H21NO3. The van der Waals surface area contributed by atoms with Gasteiger partial charge in [0.25, 0.3) is 0 Å². The lowest BCUT2D eigenvalue weighted by atomic mass is 9.84. The Balaban J connectivity index is 2.39. The molecule has 0 atom stereocenters. The van der Waals surface area contributed by atoms with Gasteiger partial charge in [0.05, 0.1) is 13.5 Å². The second-order valence-electron chi connectivity index (χ2n) is 4.28. The first kappa shape index (κ1) is 13.0. The van der Waals surface area contributed by atoms with Gasteiger partial charge < -0.3 is 9.64 Å². The predicted molar refractivity (Wildman–Crippen MR) is 60.8 cm³/mol.